The van der Waals surface area contributed by atoms with Gasteiger partial charge in [-0.05, 0) is 70.6 Å². The van der Waals surface area contributed by atoms with Gasteiger partial charge in [0.05, 0.1) is 5.54 Å². The third kappa shape index (κ3) is 2.15. The molecule has 2 saturated carbocycles. The molecule has 0 aromatic rings. The van der Waals surface area contributed by atoms with E-state index < -0.39 is 0 Å². The second-order valence-electron chi connectivity index (χ2n) is 8.89. The Morgan fingerprint density at radius 1 is 1.32 bits per heavy atom. The highest BCUT2D eigenvalue weighted by Gasteiger charge is 2.62. The number of hydrogen-bond acceptors (Lipinski definition) is 0. The summed E-state index contributed by atoms with van der Waals surface area (Å²) in [5.74, 6) is 3.13. The summed E-state index contributed by atoms with van der Waals surface area (Å²) >= 11 is 0. The number of quaternary nitrogens is 1. The predicted molar refractivity (Wildman–Crippen MR) is 94.0 cm³/mol. The van der Waals surface area contributed by atoms with Crippen molar-refractivity contribution in [1.82, 2.24) is 0 Å². The molecule has 3 rings (SSSR count). The van der Waals surface area contributed by atoms with Gasteiger partial charge in [0.25, 0.3) is 0 Å². The zero-order valence-corrected chi connectivity index (χ0v) is 15.1. The summed E-state index contributed by atoms with van der Waals surface area (Å²) in [6.07, 6.45) is 10.8. The van der Waals surface area contributed by atoms with Crippen molar-refractivity contribution in [2.75, 3.05) is 0 Å². The molecule has 0 aromatic carbocycles. The molecule has 3 aliphatic rings. The van der Waals surface area contributed by atoms with Crippen LogP contribution in [0.1, 0.15) is 66.2 Å². The zero-order chi connectivity index (χ0) is 16.1. The highest BCUT2D eigenvalue weighted by Crippen LogP contribution is 2.65. The van der Waals surface area contributed by atoms with Gasteiger partial charge in [-0.1, -0.05) is 30.7 Å². The molecule has 0 heterocycles. The molecular weight excluding hydrogens is 266 g/mol. The normalized spacial score (nSPS) is 48.1. The van der Waals surface area contributed by atoms with E-state index >= 15 is 0 Å². The van der Waals surface area contributed by atoms with Gasteiger partial charge in [0.1, 0.15) is 0 Å². The average molecular weight is 302 g/mol. The Balaban J connectivity index is 2.17. The van der Waals surface area contributed by atoms with Gasteiger partial charge in [-0.15, -0.1) is 0 Å². The van der Waals surface area contributed by atoms with Crippen molar-refractivity contribution in [2.45, 2.75) is 71.8 Å². The predicted octanol–water partition coefficient (Wildman–Crippen LogP) is 4.47. The van der Waals surface area contributed by atoms with Gasteiger partial charge >= 0.3 is 0 Å². The molecule has 2 fully saturated rings. The van der Waals surface area contributed by atoms with E-state index in [4.69, 9.17) is 0 Å². The minimum Gasteiger partial charge on any atom is -0.474 e. The smallest absolute Gasteiger partial charge is 0.0732 e. The van der Waals surface area contributed by atoms with Crippen LogP contribution >= 0.6 is 0 Å². The molecule has 0 bridgehead atoms. The van der Waals surface area contributed by atoms with Gasteiger partial charge in [0, 0.05) is 17.8 Å². The van der Waals surface area contributed by atoms with Crippen LogP contribution < -0.4 is 5.32 Å². The first-order valence-electron chi connectivity index (χ1n) is 9.32. The van der Waals surface area contributed by atoms with Crippen molar-refractivity contribution in [3.8, 4) is 0 Å². The molecule has 2 N–H and O–H groups in total. The Kier molecular flexibility index (Phi) is 4.08. The molecule has 6 atom stereocenters. The summed E-state index contributed by atoms with van der Waals surface area (Å²) in [7, 11) is 4.25. The molecule has 1 heteroatoms. The van der Waals surface area contributed by atoms with Crippen molar-refractivity contribution < 1.29 is 5.32 Å². The van der Waals surface area contributed by atoms with E-state index in [1.54, 1.807) is 5.57 Å². The lowest BCUT2D eigenvalue weighted by Crippen LogP contribution is -2.94. The molecule has 6 unspecified atom stereocenters. The van der Waals surface area contributed by atoms with Crippen molar-refractivity contribution in [1.29, 1.82) is 0 Å². The second kappa shape index (κ2) is 5.51. The number of nitrogens with two attached hydrogens (primary N) is 1. The second-order valence-corrected chi connectivity index (χ2v) is 8.89. The third-order valence-electron chi connectivity index (χ3n) is 7.62. The summed E-state index contributed by atoms with van der Waals surface area (Å²) in [5.41, 5.74) is 3.70. The summed E-state index contributed by atoms with van der Waals surface area (Å²) in [5, 5.41) is 2.29. The van der Waals surface area contributed by atoms with Crippen LogP contribution in [-0.2, 0) is 0 Å². The largest absolute Gasteiger partial charge is 0.474 e. The lowest BCUT2D eigenvalue weighted by atomic mass is 9.41. The first-order chi connectivity index (χ1) is 10.3. The van der Waals surface area contributed by atoms with E-state index in [0.29, 0.717) is 16.9 Å². The quantitative estimate of drug-likeness (QED) is 0.572. The van der Waals surface area contributed by atoms with Crippen molar-refractivity contribution in [3.63, 3.8) is 0 Å². The minimum atomic E-state index is 0.304. The Bertz CT molecular complexity index is 490. The van der Waals surface area contributed by atoms with Crippen molar-refractivity contribution in [2.24, 2.45) is 29.1 Å². The van der Waals surface area contributed by atoms with Crippen molar-refractivity contribution >= 4 is 0 Å². The van der Waals surface area contributed by atoms with Crippen LogP contribution in [0.5, 0.6) is 0 Å². The molecule has 124 valence electrons. The van der Waals surface area contributed by atoms with E-state index in [1.165, 1.54) is 44.1 Å². The highest BCUT2D eigenvalue weighted by molar-refractivity contribution is 5.27. The molecule has 0 radical (unpaired) electrons. The maximum atomic E-state index is 4.42. The molecule has 22 heavy (non-hydrogen) atoms. The SMILES string of the molecule is C=C(C)C1CCC(C)C2CCC(C)([NH2+][CH2-])C3CCC(C)=CC123. The zero-order valence-electron chi connectivity index (χ0n) is 15.1. The minimum absolute atomic E-state index is 0.304. The average Bonchev–Trinajstić information content (AvgIpc) is 2.46. The van der Waals surface area contributed by atoms with Gasteiger partial charge in [0.15, 0.2) is 0 Å². The van der Waals surface area contributed by atoms with Crippen LogP contribution in [0, 0.1) is 36.1 Å². The Morgan fingerprint density at radius 2 is 2.05 bits per heavy atom. The topological polar surface area (TPSA) is 16.6 Å². The Morgan fingerprint density at radius 3 is 2.68 bits per heavy atom. The summed E-state index contributed by atoms with van der Waals surface area (Å²) in [4.78, 5) is 0. The molecule has 0 aromatic heterocycles. The number of rotatable bonds is 2. The van der Waals surface area contributed by atoms with Crippen LogP contribution in [0.25, 0.3) is 0 Å². The van der Waals surface area contributed by atoms with Crippen LogP contribution in [0.2, 0.25) is 0 Å². The molecule has 3 aliphatic carbocycles. The first kappa shape index (κ1) is 16.3. The van der Waals surface area contributed by atoms with Gasteiger partial charge in [-0.3, -0.25) is 0 Å². The van der Waals surface area contributed by atoms with Gasteiger partial charge in [0.2, 0.25) is 0 Å². The molecule has 0 amide bonds. The molecule has 1 spiro atoms. The maximum Gasteiger partial charge on any atom is 0.0732 e. The molecule has 0 aliphatic heterocycles. The first-order valence-corrected chi connectivity index (χ1v) is 9.32. The fraction of sp³-hybridized carbons (Fsp3) is 0.762. The summed E-state index contributed by atoms with van der Waals surface area (Å²) in [6.45, 7) is 14.0. The van der Waals surface area contributed by atoms with Crippen LogP contribution in [-0.4, -0.2) is 5.54 Å². The number of hydrogen-bond donors (Lipinski definition) is 1. The maximum absolute atomic E-state index is 4.42. The lowest BCUT2D eigenvalue weighted by molar-refractivity contribution is -0.689. The van der Waals surface area contributed by atoms with E-state index in [1.807, 2.05) is 0 Å². The number of allylic oxidation sites excluding steroid dienone is 3. The fourth-order valence-corrected chi connectivity index (χ4v) is 6.56. The monoisotopic (exact) mass is 301 g/mol. The van der Waals surface area contributed by atoms with Gasteiger partial charge < -0.3 is 5.32 Å². The lowest BCUT2D eigenvalue weighted by Gasteiger charge is -2.64. The van der Waals surface area contributed by atoms with Crippen LogP contribution in [0.3, 0.4) is 0 Å². The standard InChI is InChI=1S/C21H35N/c1-14(2)17-9-8-16(4)18-11-12-20(5,22-6)19-10-7-15(3)13-21(17,18)19/h13,16-19H,1,6-12,22H2,2-5H3. The summed E-state index contributed by atoms with van der Waals surface area (Å²) in [6, 6.07) is 0. The van der Waals surface area contributed by atoms with Crippen molar-refractivity contribution in [3.05, 3.63) is 30.8 Å². The Labute approximate surface area is 137 Å². The van der Waals surface area contributed by atoms with Gasteiger partial charge in [-0.2, -0.15) is 7.05 Å². The van der Waals surface area contributed by atoms with E-state index in [2.05, 4.69) is 52.7 Å². The highest BCUT2D eigenvalue weighted by atomic mass is 15.0. The molecule has 0 saturated heterocycles. The van der Waals surface area contributed by atoms with Crippen LogP contribution in [0.4, 0.5) is 0 Å². The third-order valence-corrected chi connectivity index (χ3v) is 7.62. The fourth-order valence-electron chi connectivity index (χ4n) is 6.56. The van der Waals surface area contributed by atoms with E-state index in [0.717, 1.165) is 17.8 Å². The molecular formula is C21H35N. The summed E-state index contributed by atoms with van der Waals surface area (Å²) < 4.78 is 0. The Hall–Kier alpha value is -0.560. The molecule has 1 nitrogen and oxygen atoms in total. The van der Waals surface area contributed by atoms with E-state index in [-0.39, 0.29) is 0 Å². The van der Waals surface area contributed by atoms with E-state index in [9.17, 15) is 0 Å². The van der Waals surface area contributed by atoms with Gasteiger partial charge in [-0.25, -0.2) is 0 Å². The van der Waals surface area contributed by atoms with Crippen LogP contribution in [0.15, 0.2) is 23.8 Å².